The molecule has 0 aliphatic carbocycles. The Kier molecular flexibility index (Phi) is 7.14. The molecule has 3 rings (SSSR count). The molecule has 0 radical (unpaired) electrons. The van der Waals surface area contributed by atoms with Crippen LogP contribution in [-0.2, 0) is 16.0 Å². The molecule has 1 atom stereocenters. The summed E-state index contributed by atoms with van der Waals surface area (Å²) in [4.78, 5) is 23.6. The molecule has 0 spiro atoms. The first-order valence-electron chi connectivity index (χ1n) is 10.7. The average molecular weight is 469 g/mol. The standard InChI is InChI=1S/C25H28N2O7/c1-15-12-17-8-11-19(32-5)14-20(17)22(27(15)31)33-18-9-6-16(7-10-18)13-21(23(28)29)26-24(30)34-25(2,3)4/h6-12,14,21H,13H2,1-5H3,(H,26,30)(H,28,29)/t21-/m0/s1. The maximum Gasteiger partial charge on any atom is 0.408 e. The van der Waals surface area contributed by atoms with E-state index in [1.165, 1.54) is 0 Å². The zero-order valence-corrected chi connectivity index (χ0v) is 19.7. The van der Waals surface area contributed by atoms with Crippen molar-refractivity contribution >= 4 is 22.8 Å². The van der Waals surface area contributed by atoms with Crippen molar-refractivity contribution < 1.29 is 33.6 Å². The Bertz CT molecular complexity index is 1200. The summed E-state index contributed by atoms with van der Waals surface area (Å²) in [5.74, 6) is -0.0841. The number of hydrogen-bond donors (Lipinski definition) is 2. The number of methoxy groups -OCH3 is 1. The number of nitrogens with one attached hydrogen (secondary N) is 1. The molecular weight excluding hydrogens is 440 g/mol. The van der Waals surface area contributed by atoms with Crippen LogP contribution in [-0.4, -0.2) is 35.9 Å². The molecule has 1 heterocycles. The van der Waals surface area contributed by atoms with Gasteiger partial charge in [-0.05, 0) is 56.0 Å². The lowest BCUT2D eigenvalue weighted by Crippen LogP contribution is -2.44. The average Bonchev–Trinajstić information content (AvgIpc) is 2.76. The summed E-state index contributed by atoms with van der Waals surface area (Å²) in [5, 5.41) is 26.0. The van der Waals surface area contributed by atoms with Crippen LogP contribution in [0.25, 0.3) is 10.8 Å². The van der Waals surface area contributed by atoms with Crippen LogP contribution < -0.4 is 19.5 Å². The number of rotatable bonds is 7. The zero-order chi connectivity index (χ0) is 25.0. The quantitative estimate of drug-likeness (QED) is 0.395. The van der Waals surface area contributed by atoms with Gasteiger partial charge in [-0.1, -0.05) is 18.2 Å². The van der Waals surface area contributed by atoms with E-state index in [-0.39, 0.29) is 12.3 Å². The van der Waals surface area contributed by atoms with E-state index in [4.69, 9.17) is 14.2 Å². The first-order valence-corrected chi connectivity index (χ1v) is 10.7. The Morgan fingerprint density at radius 3 is 2.32 bits per heavy atom. The Morgan fingerprint density at radius 2 is 1.74 bits per heavy atom. The molecule has 34 heavy (non-hydrogen) atoms. The highest BCUT2D eigenvalue weighted by Gasteiger charge is 2.24. The van der Waals surface area contributed by atoms with Crippen molar-refractivity contribution in [1.29, 1.82) is 0 Å². The Balaban J connectivity index is 1.79. The van der Waals surface area contributed by atoms with E-state index in [0.717, 1.165) is 5.39 Å². The maximum atomic E-state index is 12.7. The second-order valence-corrected chi connectivity index (χ2v) is 8.83. The van der Waals surface area contributed by atoms with E-state index in [1.54, 1.807) is 77.3 Å². The van der Waals surface area contributed by atoms with Crippen molar-refractivity contribution in [3.05, 3.63) is 65.0 Å². The lowest BCUT2D eigenvalue weighted by molar-refractivity contribution is -0.616. The molecule has 1 amide bonds. The smallest absolute Gasteiger partial charge is 0.408 e. The number of aromatic nitrogens is 1. The van der Waals surface area contributed by atoms with E-state index < -0.39 is 23.7 Å². The zero-order valence-electron chi connectivity index (χ0n) is 19.7. The minimum absolute atomic E-state index is 0.0426. The van der Waals surface area contributed by atoms with Crippen LogP contribution in [0.1, 0.15) is 32.0 Å². The van der Waals surface area contributed by atoms with Gasteiger partial charge in [0.25, 0.3) is 0 Å². The molecule has 2 N–H and O–H groups in total. The number of fused-ring (bicyclic) bond motifs is 1. The molecule has 0 aliphatic heterocycles. The number of carbonyl (C=O) groups is 2. The Labute approximate surface area is 197 Å². The normalized spacial score (nSPS) is 12.1. The Hall–Kier alpha value is -4.01. The molecule has 0 bridgehead atoms. The topological polar surface area (TPSA) is 121 Å². The predicted octanol–water partition coefficient (Wildman–Crippen LogP) is 4.10. The molecular formula is C25H28N2O7. The van der Waals surface area contributed by atoms with Crippen LogP contribution in [0.3, 0.4) is 0 Å². The number of ether oxygens (including phenoxy) is 3. The molecule has 180 valence electrons. The highest BCUT2D eigenvalue weighted by atomic mass is 16.6. The van der Waals surface area contributed by atoms with E-state index >= 15 is 0 Å². The number of amides is 1. The summed E-state index contributed by atoms with van der Waals surface area (Å²) in [5.41, 5.74) is 0.387. The van der Waals surface area contributed by atoms with Crippen LogP contribution in [0.5, 0.6) is 17.4 Å². The molecule has 0 fully saturated rings. The second kappa shape index (κ2) is 9.86. The van der Waals surface area contributed by atoms with E-state index in [9.17, 15) is 19.9 Å². The summed E-state index contributed by atoms with van der Waals surface area (Å²) in [7, 11) is 1.54. The van der Waals surface area contributed by atoms with Gasteiger partial charge in [-0.15, -0.1) is 4.73 Å². The monoisotopic (exact) mass is 468 g/mol. The van der Waals surface area contributed by atoms with Crippen molar-refractivity contribution in [1.82, 2.24) is 5.32 Å². The van der Waals surface area contributed by atoms with Crippen molar-refractivity contribution in [3.8, 4) is 17.4 Å². The van der Waals surface area contributed by atoms with Gasteiger partial charge in [0.15, 0.2) is 5.69 Å². The number of alkyl carbamates (subject to hydrolysis) is 1. The first-order chi connectivity index (χ1) is 16.0. The summed E-state index contributed by atoms with van der Waals surface area (Å²) < 4.78 is 17.0. The van der Waals surface area contributed by atoms with Crippen molar-refractivity contribution in [3.63, 3.8) is 0 Å². The molecule has 9 heteroatoms. The number of nitrogens with zero attached hydrogens (tertiary/aromatic N) is 1. The number of aliphatic carboxylic acids is 1. The number of aryl methyl sites for hydroxylation is 1. The van der Waals surface area contributed by atoms with E-state index in [2.05, 4.69) is 5.32 Å². The highest BCUT2D eigenvalue weighted by Crippen LogP contribution is 2.30. The molecule has 3 aromatic rings. The lowest BCUT2D eigenvalue weighted by Gasteiger charge is -2.22. The highest BCUT2D eigenvalue weighted by molar-refractivity contribution is 5.87. The summed E-state index contributed by atoms with van der Waals surface area (Å²) in [6.45, 7) is 6.77. The van der Waals surface area contributed by atoms with Crippen molar-refractivity contribution in [2.75, 3.05) is 7.11 Å². The largest absolute Gasteiger partial charge is 0.616 e. The maximum absolute atomic E-state index is 12.7. The van der Waals surface area contributed by atoms with Gasteiger partial charge in [0.2, 0.25) is 0 Å². The number of benzene rings is 2. The third kappa shape index (κ3) is 6.06. The molecule has 0 aliphatic rings. The molecule has 0 unspecified atom stereocenters. The molecule has 1 aromatic heterocycles. The molecule has 0 saturated heterocycles. The number of carbonyl (C=O) groups excluding carboxylic acids is 1. The van der Waals surface area contributed by atoms with E-state index in [0.29, 0.717) is 32.9 Å². The minimum Gasteiger partial charge on any atom is -0.616 e. The lowest BCUT2D eigenvalue weighted by atomic mass is 10.1. The van der Waals surface area contributed by atoms with Gasteiger partial charge in [0, 0.05) is 19.4 Å². The third-order valence-corrected chi connectivity index (χ3v) is 4.93. The fourth-order valence-corrected chi connectivity index (χ4v) is 3.31. The molecule has 2 aromatic carbocycles. The van der Waals surface area contributed by atoms with Crippen LogP contribution >= 0.6 is 0 Å². The fourth-order valence-electron chi connectivity index (χ4n) is 3.31. The molecule has 0 saturated carbocycles. The van der Waals surface area contributed by atoms with Crippen molar-refractivity contribution in [2.45, 2.75) is 45.8 Å². The van der Waals surface area contributed by atoms with Gasteiger partial charge < -0.3 is 29.8 Å². The van der Waals surface area contributed by atoms with Crippen LogP contribution in [0.15, 0.2) is 48.5 Å². The second-order valence-electron chi connectivity index (χ2n) is 8.83. The fraction of sp³-hybridized carbons (Fsp3) is 0.320. The third-order valence-electron chi connectivity index (χ3n) is 4.93. The van der Waals surface area contributed by atoms with Gasteiger partial charge in [0.05, 0.1) is 12.5 Å². The van der Waals surface area contributed by atoms with Crippen LogP contribution in [0.4, 0.5) is 4.79 Å². The van der Waals surface area contributed by atoms with Gasteiger partial charge in [0.1, 0.15) is 23.1 Å². The SMILES string of the molecule is COc1ccc2cc(C)[n+]([O-])c(Oc3ccc(C[C@H](NC(=O)OC(C)(C)C)C(=O)O)cc3)c2c1. The summed E-state index contributed by atoms with van der Waals surface area (Å²) in [6.07, 6.45) is -0.761. The van der Waals surface area contributed by atoms with Crippen molar-refractivity contribution in [2.24, 2.45) is 0 Å². The number of carboxylic acid groups (broad SMARTS) is 1. The summed E-state index contributed by atoms with van der Waals surface area (Å²) in [6, 6.07) is 12.6. The number of hydrogen-bond acceptors (Lipinski definition) is 6. The van der Waals surface area contributed by atoms with Crippen LogP contribution in [0, 0.1) is 12.1 Å². The van der Waals surface area contributed by atoms with Gasteiger partial charge in [-0.3, -0.25) is 0 Å². The van der Waals surface area contributed by atoms with Crippen LogP contribution in [0.2, 0.25) is 0 Å². The van der Waals surface area contributed by atoms with E-state index in [1.807, 2.05) is 6.07 Å². The van der Waals surface area contributed by atoms with Gasteiger partial charge >= 0.3 is 17.9 Å². The Morgan fingerprint density at radius 1 is 1.09 bits per heavy atom. The van der Waals surface area contributed by atoms with Gasteiger partial charge in [-0.25, -0.2) is 9.59 Å². The summed E-state index contributed by atoms with van der Waals surface area (Å²) >= 11 is 0. The minimum atomic E-state index is -1.18. The predicted molar refractivity (Wildman–Crippen MR) is 125 cm³/mol. The first kappa shape index (κ1) is 24.6. The molecule has 9 nitrogen and oxygen atoms in total. The number of pyridine rings is 1. The van der Waals surface area contributed by atoms with Gasteiger partial charge in [-0.2, -0.15) is 0 Å². The number of carboxylic acids is 1.